The van der Waals surface area contributed by atoms with Crippen molar-refractivity contribution < 1.29 is 9.59 Å². The number of nitrogens with one attached hydrogen (secondary N) is 2. The molecule has 0 atom stereocenters. The van der Waals surface area contributed by atoms with E-state index in [9.17, 15) is 9.59 Å². The fourth-order valence-electron chi connectivity index (χ4n) is 1.39. The fraction of sp³-hybridized carbons (Fsp3) is 0.833. The summed E-state index contributed by atoms with van der Waals surface area (Å²) in [5, 5.41) is 5.32. The minimum atomic E-state index is -0.335. The molecule has 0 heterocycles. The fourth-order valence-corrected chi connectivity index (χ4v) is 1.39. The van der Waals surface area contributed by atoms with Crippen molar-refractivity contribution in [1.29, 1.82) is 0 Å². The van der Waals surface area contributed by atoms with Crippen LogP contribution in [0.4, 0.5) is 0 Å². The van der Waals surface area contributed by atoms with Gasteiger partial charge in [-0.25, -0.2) is 0 Å². The maximum atomic E-state index is 11.8. The van der Waals surface area contributed by atoms with Crippen LogP contribution in [0.3, 0.4) is 0 Å². The van der Waals surface area contributed by atoms with Gasteiger partial charge in [-0.1, -0.05) is 33.6 Å². The number of hydrogen-bond acceptors (Lipinski definition) is 2. The molecular weight excluding hydrogens is 204 g/mol. The number of unbranched alkanes of at least 4 members (excludes halogenated alkanes) is 1. The Morgan fingerprint density at radius 2 is 1.88 bits per heavy atom. The van der Waals surface area contributed by atoms with Gasteiger partial charge in [0.2, 0.25) is 11.8 Å². The molecule has 0 aliphatic heterocycles. The molecule has 2 amide bonds. The first-order valence-corrected chi connectivity index (χ1v) is 5.93. The van der Waals surface area contributed by atoms with E-state index in [4.69, 9.17) is 0 Å². The lowest BCUT2D eigenvalue weighted by Gasteiger charge is -2.23. The largest absolute Gasteiger partial charge is 0.359 e. The molecule has 2 N–H and O–H groups in total. The van der Waals surface area contributed by atoms with Crippen molar-refractivity contribution >= 4 is 11.8 Å². The van der Waals surface area contributed by atoms with Crippen molar-refractivity contribution in [3.63, 3.8) is 0 Å². The minimum absolute atomic E-state index is 0.0323. The molecule has 0 saturated heterocycles. The van der Waals surface area contributed by atoms with E-state index in [1.54, 1.807) is 7.05 Å². The van der Waals surface area contributed by atoms with E-state index < -0.39 is 0 Å². The molecule has 0 aliphatic rings. The Balaban J connectivity index is 3.90. The summed E-state index contributed by atoms with van der Waals surface area (Å²) in [7, 11) is 1.59. The van der Waals surface area contributed by atoms with E-state index in [2.05, 4.69) is 17.6 Å². The van der Waals surface area contributed by atoms with Gasteiger partial charge in [-0.2, -0.15) is 0 Å². The second kappa shape index (κ2) is 7.25. The zero-order chi connectivity index (χ0) is 12.6. The third-order valence-electron chi connectivity index (χ3n) is 2.69. The first kappa shape index (κ1) is 14.9. The Bertz CT molecular complexity index is 237. The SMILES string of the molecule is CCCCC(C)(C)C(=O)NCCC(=O)NC. The molecule has 16 heavy (non-hydrogen) atoms. The topological polar surface area (TPSA) is 58.2 Å². The van der Waals surface area contributed by atoms with Crippen LogP contribution in [0.15, 0.2) is 0 Å². The van der Waals surface area contributed by atoms with Gasteiger partial charge < -0.3 is 10.6 Å². The Morgan fingerprint density at radius 3 is 2.38 bits per heavy atom. The summed E-state index contributed by atoms with van der Waals surface area (Å²) >= 11 is 0. The first-order chi connectivity index (χ1) is 7.44. The summed E-state index contributed by atoms with van der Waals surface area (Å²) in [6.07, 6.45) is 3.37. The normalized spacial score (nSPS) is 11.0. The molecule has 4 nitrogen and oxygen atoms in total. The molecule has 0 aromatic heterocycles. The molecule has 0 spiro atoms. The number of hydrogen-bond donors (Lipinski definition) is 2. The van der Waals surface area contributed by atoms with Gasteiger partial charge in [-0.3, -0.25) is 9.59 Å². The highest BCUT2D eigenvalue weighted by molar-refractivity contribution is 5.82. The molecule has 0 radical (unpaired) electrons. The minimum Gasteiger partial charge on any atom is -0.359 e. The lowest BCUT2D eigenvalue weighted by Crippen LogP contribution is -2.38. The summed E-state index contributed by atoms with van der Waals surface area (Å²) < 4.78 is 0. The van der Waals surface area contributed by atoms with Gasteiger partial charge in [-0.15, -0.1) is 0 Å². The predicted octanol–water partition coefficient (Wildman–Crippen LogP) is 1.46. The van der Waals surface area contributed by atoms with Crippen LogP contribution in [-0.4, -0.2) is 25.4 Å². The second-order valence-corrected chi connectivity index (χ2v) is 4.67. The van der Waals surface area contributed by atoms with Crippen LogP contribution in [0.25, 0.3) is 0 Å². The number of amides is 2. The smallest absolute Gasteiger partial charge is 0.225 e. The molecule has 0 aromatic rings. The van der Waals surface area contributed by atoms with E-state index >= 15 is 0 Å². The van der Waals surface area contributed by atoms with Crippen LogP contribution in [0, 0.1) is 5.41 Å². The van der Waals surface area contributed by atoms with Gasteiger partial charge in [0.15, 0.2) is 0 Å². The van der Waals surface area contributed by atoms with Gasteiger partial charge in [0, 0.05) is 25.4 Å². The molecule has 0 fully saturated rings. The Labute approximate surface area is 98.2 Å². The molecule has 0 rings (SSSR count). The summed E-state index contributed by atoms with van der Waals surface area (Å²) in [5.74, 6) is -0.0171. The van der Waals surface area contributed by atoms with Crippen molar-refractivity contribution in [3.05, 3.63) is 0 Å². The van der Waals surface area contributed by atoms with E-state index in [1.807, 2.05) is 13.8 Å². The molecule has 0 aliphatic carbocycles. The van der Waals surface area contributed by atoms with Crippen LogP contribution in [0.1, 0.15) is 46.5 Å². The maximum Gasteiger partial charge on any atom is 0.225 e. The number of carbonyl (C=O) groups is 2. The molecule has 0 aromatic carbocycles. The van der Waals surface area contributed by atoms with Crippen molar-refractivity contribution in [1.82, 2.24) is 10.6 Å². The quantitative estimate of drug-likeness (QED) is 0.693. The van der Waals surface area contributed by atoms with E-state index in [1.165, 1.54) is 0 Å². The van der Waals surface area contributed by atoms with E-state index in [0.29, 0.717) is 13.0 Å². The van der Waals surface area contributed by atoms with Crippen LogP contribution in [0.2, 0.25) is 0 Å². The van der Waals surface area contributed by atoms with E-state index in [0.717, 1.165) is 19.3 Å². The van der Waals surface area contributed by atoms with Crippen LogP contribution < -0.4 is 10.6 Å². The average Bonchev–Trinajstić information content (AvgIpc) is 2.25. The molecule has 4 heteroatoms. The summed E-state index contributed by atoms with van der Waals surface area (Å²) in [4.78, 5) is 22.8. The lowest BCUT2D eigenvalue weighted by atomic mass is 9.86. The highest BCUT2D eigenvalue weighted by Gasteiger charge is 2.26. The summed E-state index contributed by atoms with van der Waals surface area (Å²) in [6, 6.07) is 0. The number of carbonyl (C=O) groups excluding carboxylic acids is 2. The lowest BCUT2D eigenvalue weighted by molar-refractivity contribution is -0.129. The highest BCUT2D eigenvalue weighted by atomic mass is 16.2. The van der Waals surface area contributed by atoms with Crippen LogP contribution in [-0.2, 0) is 9.59 Å². The Kier molecular flexibility index (Phi) is 6.77. The van der Waals surface area contributed by atoms with E-state index in [-0.39, 0.29) is 17.2 Å². The van der Waals surface area contributed by atoms with Crippen LogP contribution in [0.5, 0.6) is 0 Å². The predicted molar refractivity (Wildman–Crippen MR) is 65.0 cm³/mol. The monoisotopic (exact) mass is 228 g/mol. The Morgan fingerprint density at radius 1 is 1.25 bits per heavy atom. The van der Waals surface area contributed by atoms with Crippen LogP contribution >= 0.6 is 0 Å². The second-order valence-electron chi connectivity index (χ2n) is 4.67. The Hall–Kier alpha value is -1.06. The van der Waals surface area contributed by atoms with Crippen molar-refractivity contribution in [2.24, 2.45) is 5.41 Å². The molecule has 0 unspecified atom stereocenters. The third kappa shape index (κ3) is 5.73. The van der Waals surface area contributed by atoms with Crippen molar-refractivity contribution in [2.75, 3.05) is 13.6 Å². The summed E-state index contributed by atoms with van der Waals surface area (Å²) in [6.45, 7) is 6.41. The standard InChI is InChI=1S/C12H24N2O2/c1-5-6-8-12(2,3)11(16)14-9-7-10(15)13-4/h5-9H2,1-4H3,(H,13,15)(H,14,16). The van der Waals surface area contributed by atoms with Gasteiger partial charge in [0.1, 0.15) is 0 Å². The summed E-state index contributed by atoms with van der Waals surface area (Å²) in [5.41, 5.74) is -0.335. The molecule has 0 saturated carbocycles. The molecular formula is C12H24N2O2. The van der Waals surface area contributed by atoms with Crippen molar-refractivity contribution in [2.45, 2.75) is 46.5 Å². The van der Waals surface area contributed by atoms with Gasteiger partial charge >= 0.3 is 0 Å². The van der Waals surface area contributed by atoms with Gasteiger partial charge in [0.05, 0.1) is 0 Å². The average molecular weight is 228 g/mol. The van der Waals surface area contributed by atoms with Gasteiger partial charge in [0.25, 0.3) is 0 Å². The first-order valence-electron chi connectivity index (χ1n) is 5.93. The zero-order valence-corrected chi connectivity index (χ0v) is 10.9. The molecule has 94 valence electrons. The van der Waals surface area contributed by atoms with Gasteiger partial charge in [-0.05, 0) is 6.42 Å². The maximum absolute atomic E-state index is 11.8. The highest BCUT2D eigenvalue weighted by Crippen LogP contribution is 2.23. The van der Waals surface area contributed by atoms with Crippen molar-refractivity contribution in [3.8, 4) is 0 Å². The molecule has 0 bridgehead atoms. The zero-order valence-electron chi connectivity index (χ0n) is 10.9. The third-order valence-corrected chi connectivity index (χ3v) is 2.69. The number of rotatable bonds is 7.